The lowest BCUT2D eigenvalue weighted by atomic mass is 9.95. The maximum atomic E-state index is 4.99. The number of allylic oxidation sites excluding steroid dienone is 4. The van der Waals surface area contributed by atoms with Crippen LogP contribution >= 0.6 is 0 Å². The smallest absolute Gasteiger partial charge is 0.160 e. The first-order chi connectivity index (χ1) is 21.3. The first-order valence-electron chi connectivity index (χ1n) is 14.8. The summed E-state index contributed by atoms with van der Waals surface area (Å²) in [5, 5.41) is 2.61. The lowest BCUT2D eigenvalue weighted by Crippen LogP contribution is -2.01. The molecule has 0 aliphatic heterocycles. The molecule has 1 aliphatic rings. The number of hydrogen-bond acceptors (Lipinski definition) is 2. The molecule has 0 radical (unpaired) electrons. The van der Waals surface area contributed by atoms with Crippen molar-refractivity contribution in [2.75, 3.05) is 0 Å². The molecule has 2 aromatic heterocycles. The van der Waals surface area contributed by atoms with E-state index >= 15 is 0 Å². The SMILES string of the molecule is C1=C(c2ccc(-c3nc(-c4ccccc4)cc(-c4ccccc4)n3)cc2)CCC(n2c3ccccc3c3ccccc32)=C1. The Hall–Kier alpha value is -5.54. The zero-order valence-corrected chi connectivity index (χ0v) is 23.7. The second kappa shape index (κ2) is 10.7. The number of hydrogen-bond donors (Lipinski definition) is 0. The van der Waals surface area contributed by atoms with Gasteiger partial charge in [-0.25, -0.2) is 9.97 Å². The number of rotatable bonds is 5. The standard InChI is InChI=1S/C40H29N3/c1-3-11-30(12-4-1)36-27-37(31-13-5-2-6-14-31)42-40(41-36)32-21-19-28(20-22-32)29-23-25-33(26-24-29)43-38-17-9-7-15-34(38)35-16-8-10-18-39(35)43/h1-23,25,27H,24,26H2. The van der Waals surface area contributed by atoms with Crippen LogP contribution in [0.5, 0.6) is 0 Å². The van der Waals surface area contributed by atoms with Crippen LogP contribution in [0.25, 0.3) is 67.0 Å². The van der Waals surface area contributed by atoms with Gasteiger partial charge in [0.1, 0.15) is 0 Å². The summed E-state index contributed by atoms with van der Waals surface area (Å²) < 4.78 is 2.43. The van der Waals surface area contributed by atoms with Gasteiger partial charge in [0.2, 0.25) is 0 Å². The summed E-state index contributed by atoms with van der Waals surface area (Å²) in [6, 6.07) is 48.9. The van der Waals surface area contributed by atoms with Crippen LogP contribution in [0.15, 0.2) is 152 Å². The van der Waals surface area contributed by atoms with Gasteiger partial charge in [0.25, 0.3) is 0 Å². The molecule has 2 heterocycles. The van der Waals surface area contributed by atoms with Gasteiger partial charge in [-0.05, 0) is 48.3 Å². The topological polar surface area (TPSA) is 30.7 Å². The normalized spacial score (nSPS) is 13.2. The van der Waals surface area contributed by atoms with Crippen LogP contribution < -0.4 is 0 Å². The highest BCUT2D eigenvalue weighted by Gasteiger charge is 2.16. The van der Waals surface area contributed by atoms with E-state index in [1.807, 2.05) is 36.4 Å². The molecule has 0 unspecified atom stereocenters. The molecule has 0 N–H and O–H groups in total. The molecule has 0 amide bonds. The third kappa shape index (κ3) is 4.65. The predicted molar refractivity (Wildman–Crippen MR) is 179 cm³/mol. The number of nitrogens with zero attached hydrogens (tertiary/aromatic N) is 3. The minimum atomic E-state index is 0.734. The van der Waals surface area contributed by atoms with Crippen LogP contribution in [0.3, 0.4) is 0 Å². The lowest BCUT2D eigenvalue weighted by Gasteiger charge is -2.18. The Morgan fingerprint density at radius 1 is 0.442 bits per heavy atom. The molecular weight excluding hydrogens is 522 g/mol. The molecule has 0 atom stereocenters. The van der Waals surface area contributed by atoms with Crippen molar-refractivity contribution in [1.82, 2.24) is 14.5 Å². The zero-order chi connectivity index (χ0) is 28.6. The molecule has 0 bridgehead atoms. The lowest BCUT2D eigenvalue weighted by molar-refractivity contribution is 0.992. The van der Waals surface area contributed by atoms with E-state index in [4.69, 9.17) is 9.97 Å². The first-order valence-corrected chi connectivity index (χ1v) is 14.8. The Kier molecular flexibility index (Phi) is 6.27. The van der Waals surface area contributed by atoms with Crippen molar-refractivity contribution in [2.24, 2.45) is 0 Å². The summed E-state index contributed by atoms with van der Waals surface area (Å²) in [6.45, 7) is 0. The second-order valence-corrected chi connectivity index (χ2v) is 11.0. The molecule has 0 saturated heterocycles. The van der Waals surface area contributed by atoms with Crippen LogP contribution in [0.1, 0.15) is 18.4 Å². The van der Waals surface area contributed by atoms with Crippen LogP contribution in [0, 0.1) is 0 Å². The second-order valence-electron chi connectivity index (χ2n) is 11.0. The van der Waals surface area contributed by atoms with E-state index in [0.717, 1.165) is 46.7 Å². The molecule has 0 fully saturated rings. The van der Waals surface area contributed by atoms with E-state index < -0.39 is 0 Å². The third-order valence-electron chi connectivity index (χ3n) is 8.37. The van der Waals surface area contributed by atoms with Crippen LogP contribution in [0.2, 0.25) is 0 Å². The number of para-hydroxylation sites is 2. The van der Waals surface area contributed by atoms with Crippen molar-refractivity contribution in [3.8, 4) is 33.9 Å². The molecule has 3 nitrogen and oxygen atoms in total. The van der Waals surface area contributed by atoms with Gasteiger partial charge >= 0.3 is 0 Å². The van der Waals surface area contributed by atoms with E-state index in [1.54, 1.807) is 0 Å². The van der Waals surface area contributed by atoms with Crippen LogP contribution in [0.4, 0.5) is 0 Å². The molecule has 5 aromatic carbocycles. The molecule has 43 heavy (non-hydrogen) atoms. The first kappa shape index (κ1) is 25.2. The van der Waals surface area contributed by atoms with Gasteiger partial charge in [0.15, 0.2) is 5.82 Å². The fraction of sp³-hybridized carbons (Fsp3) is 0.0500. The third-order valence-corrected chi connectivity index (χ3v) is 8.37. The van der Waals surface area contributed by atoms with E-state index in [0.29, 0.717) is 0 Å². The molecular formula is C40H29N3. The number of fused-ring (bicyclic) bond motifs is 3. The molecule has 1 aliphatic carbocycles. The van der Waals surface area contributed by atoms with Gasteiger partial charge < -0.3 is 4.57 Å². The highest BCUT2D eigenvalue weighted by atomic mass is 15.0. The maximum Gasteiger partial charge on any atom is 0.160 e. The predicted octanol–water partition coefficient (Wildman–Crippen LogP) is 10.3. The van der Waals surface area contributed by atoms with E-state index in [9.17, 15) is 0 Å². The van der Waals surface area contributed by atoms with Crippen molar-refractivity contribution in [2.45, 2.75) is 12.8 Å². The van der Waals surface area contributed by atoms with Crippen LogP contribution in [-0.2, 0) is 0 Å². The van der Waals surface area contributed by atoms with Crippen molar-refractivity contribution in [1.29, 1.82) is 0 Å². The van der Waals surface area contributed by atoms with Crippen molar-refractivity contribution >= 4 is 33.1 Å². The van der Waals surface area contributed by atoms with Crippen molar-refractivity contribution < 1.29 is 0 Å². The number of benzene rings is 5. The minimum Gasteiger partial charge on any atom is -0.313 e. The largest absolute Gasteiger partial charge is 0.313 e. The summed E-state index contributed by atoms with van der Waals surface area (Å²) in [5.41, 5.74) is 11.5. The van der Waals surface area contributed by atoms with E-state index in [2.05, 4.69) is 120 Å². The van der Waals surface area contributed by atoms with E-state index in [1.165, 1.54) is 38.6 Å². The molecule has 0 saturated carbocycles. The molecule has 7 aromatic rings. The zero-order valence-electron chi connectivity index (χ0n) is 23.7. The Morgan fingerprint density at radius 2 is 0.953 bits per heavy atom. The molecule has 8 rings (SSSR count). The average Bonchev–Trinajstić information content (AvgIpc) is 3.43. The van der Waals surface area contributed by atoms with Crippen molar-refractivity contribution in [3.63, 3.8) is 0 Å². The summed E-state index contributed by atoms with van der Waals surface area (Å²) in [6.07, 6.45) is 6.56. The van der Waals surface area contributed by atoms with Gasteiger partial charge in [-0.1, -0.05) is 127 Å². The Labute approximate surface area is 251 Å². The fourth-order valence-corrected chi connectivity index (χ4v) is 6.21. The minimum absolute atomic E-state index is 0.734. The number of aromatic nitrogens is 3. The quantitative estimate of drug-likeness (QED) is 0.213. The summed E-state index contributed by atoms with van der Waals surface area (Å²) in [4.78, 5) is 9.98. The molecule has 204 valence electrons. The fourth-order valence-electron chi connectivity index (χ4n) is 6.21. The Balaban J connectivity index is 1.14. The summed E-state index contributed by atoms with van der Waals surface area (Å²) >= 11 is 0. The van der Waals surface area contributed by atoms with Gasteiger partial charge in [-0.3, -0.25) is 0 Å². The van der Waals surface area contributed by atoms with Gasteiger partial charge in [0, 0.05) is 33.2 Å². The summed E-state index contributed by atoms with van der Waals surface area (Å²) in [7, 11) is 0. The molecule has 0 spiro atoms. The highest BCUT2D eigenvalue weighted by molar-refractivity contribution is 6.10. The van der Waals surface area contributed by atoms with Crippen molar-refractivity contribution in [3.05, 3.63) is 157 Å². The summed E-state index contributed by atoms with van der Waals surface area (Å²) in [5.74, 6) is 0.734. The Morgan fingerprint density at radius 3 is 1.49 bits per heavy atom. The molecule has 3 heteroatoms. The van der Waals surface area contributed by atoms with Crippen LogP contribution in [-0.4, -0.2) is 14.5 Å². The average molecular weight is 552 g/mol. The van der Waals surface area contributed by atoms with Gasteiger partial charge in [0.05, 0.1) is 22.4 Å². The Bertz CT molecular complexity index is 2040. The van der Waals surface area contributed by atoms with Gasteiger partial charge in [-0.15, -0.1) is 0 Å². The maximum absolute atomic E-state index is 4.99. The highest BCUT2D eigenvalue weighted by Crippen LogP contribution is 2.37. The monoisotopic (exact) mass is 551 g/mol. The van der Waals surface area contributed by atoms with E-state index in [-0.39, 0.29) is 0 Å². The van der Waals surface area contributed by atoms with Gasteiger partial charge in [-0.2, -0.15) is 0 Å².